The molecule has 0 radical (unpaired) electrons. The van der Waals surface area contributed by atoms with Crippen LogP contribution < -0.4 is 10.6 Å². The molecule has 2 N–H and O–H groups in total. The maximum absolute atomic E-state index is 13.4. The normalized spacial score (nSPS) is 22.5. The van der Waals surface area contributed by atoms with Gasteiger partial charge in [-0.15, -0.1) is 0 Å². The van der Waals surface area contributed by atoms with Gasteiger partial charge in [0.15, 0.2) is 0 Å². The Morgan fingerprint density at radius 2 is 1.76 bits per heavy atom. The highest BCUT2D eigenvalue weighted by atomic mass is 16.5. The number of carbonyl (C=O) groups excluding carboxylic acids is 2. The van der Waals surface area contributed by atoms with Crippen LogP contribution in [0.2, 0.25) is 0 Å². The molecule has 1 aliphatic heterocycles. The number of anilines is 1. The van der Waals surface area contributed by atoms with Gasteiger partial charge in [-0.2, -0.15) is 0 Å². The zero-order valence-corrected chi connectivity index (χ0v) is 19.6. The van der Waals surface area contributed by atoms with Crippen molar-refractivity contribution in [2.45, 2.75) is 70.8 Å². The molecule has 2 fully saturated rings. The molecule has 33 heavy (non-hydrogen) atoms. The van der Waals surface area contributed by atoms with E-state index in [-0.39, 0.29) is 17.7 Å². The lowest BCUT2D eigenvalue weighted by molar-refractivity contribution is -0.119. The first-order chi connectivity index (χ1) is 16.0. The average Bonchev–Trinajstić information content (AvgIpc) is 3.33. The first-order valence-corrected chi connectivity index (χ1v) is 12.3. The van der Waals surface area contributed by atoms with Crippen LogP contribution in [0.4, 0.5) is 5.69 Å². The maximum Gasteiger partial charge on any atom is 0.257 e. The van der Waals surface area contributed by atoms with Crippen molar-refractivity contribution < 1.29 is 18.8 Å². The van der Waals surface area contributed by atoms with Gasteiger partial charge in [-0.1, -0.05) is 44.0 Å². The molecule has 0 spiro atoms. The number of rotatable bonds is 7. The summed E-state index contributed by atoms with van der Waals surface area (Å²) in [6.45, 7) is 5.77. The highest BCUT2D eigenvalue weighted by Gasteiger charge is 2.33. The number of nitrogens with one attached hydrogen (secondary N) is 2. The van der Waals surface area contributed by atoms with Crippen molar-refractivity contribution in [2.24, 2.45) is 11.8 Å². The Labute approximate surface area is 195 Å². The lowest BCUT2D eigenvalue weighted by Crippen LogP contribution is -2.49. The second-order valence-electron chi connectivity index (χ2n) is 9.50. The summed E-state index contributed by atoms with van der Waals surface area (Å²) in [5.74, 6) is 0.800. The standard InChI is InChI=1S/C26H35N3O4/c1-3-23-22(16-33-29-23)25(30)28-24(20-6-4-17(2)5-7-20)26(31)27-21-10-8-18(9-11-21)19-12-14-32-15-13-19/h8-11,16-17,19-20,24H,3-7,12-15H2,1-2H3,(H,27,31)(H,28,30)/t17-,20-,24-/m0/s1. The van der Waals surface area contributed by atoms with E-state index in [1.807, 2.05) is 19.1 Å². The van der Waals surface area contributed by atoms with Gasteiger partial charge in [-0.3, -0.25) is 9.59 Å². The second kappa shape index (κ2) is 11.0. The molecule has 1 atom stereocenters. The Morgan fingerprint density at radius 1 is 1.06 bits per heavy atom. The Balaban J connectivity index is 1.46. The largest absolute Gasteiger partial charge is 0.381 e. The molecule has 1 aliphatic carbocycles. The topological polar surface area (TPSA) is 93.5 Å². The minimum atomic E-state index is -0.597. The number of hydrogen-bond donors (Lipinski definition) is 2. The average molecular weight is 454 g/mol. The van der Waals surface area contributed by atoms with Crippen LogP contribution in [0.3, 0.4) is 0 Å². The molecule has 1 saturated carbocycles. The molecule has 2 heterocycles. The number of hydrogen-bond acceptors (Lipinski definition) is 5. The fourth-order valence-electron chi connectivity index (χ4n) is 5.02. The van der Waals surface area contributed by atoms with Gasteiger partial charge in [0.05, 0.1) is 5.69 Å². The summed E-state index contributed by atoms with van der Waals surface area (Å²) in [6.07, 6.45) is 8.00. The van der Waals surface area contributed by atoms with Crippen LogP contribution in [0.5, 0.6) is 0 Å². The van der Waals surface area contributed by atoms with E-state index in [0.29, 0.717) is 29.5 Å². The van der Waals surface area contributed by atoms with Crippen LogP contribution in [0.15, 0.2) is 35.1 Å². The van der Waals surface area contributed by atoms with E-state index in [1.165, 1.54) is 11.8 Å². The van der Waals surface area contributed by atoms with E-state index in [4.69, 9.17) is 9.26 Å². The molecular weight excluding hydrogens is 418 g/mol. The molecule has 7 nitrogen and oxygen atoms in total. The van der Waals surface area contributed by atoms with Crippen molar-refractivity contribution >= 4 is 17.5 Å². The zero-order valence-electron chi connectivity index (χ0n) is 19.6. The van der Waals surface area contributed by atoms with Crippen molar-refractivity contribution in [1.29, 1.82) is 0 Å². The molecule has 2 aromatic rings. The number of amides is 2. The molecule has 1 aromatic heterocycles. The van der Waals surface area contributed by atoms with Gasteiger partial charge in [-0.05, 0) is 67.6 Å². The molecule has 178 valence electrons. The number of aromatic nitrogens is 1. The minimum absolute atomic E-state index is 0.108. The molecule has 2 amide bonds. The van der Waals surface area contributed by atoms with Gasteiger partial charge in [0, 0.05) is 18.9 Å². The Bertz CT molecular complexity index is 925. The van der Waals surface area contributed by atoms with Crippen LogP contribution in [0.1, 0.15) is 79.9 Å². The molecule has 1 saturated heterocycles. The monoisotopic (exact) mass is 453 g/mol. The van der Waals surface area contributed by atoms with Crippen LogP contribution in [0, 0.1) is 11.8 Å². The second-order valence-corrected chi connectivity index (χ2v) is 9.50. The van der Waals surface area contributed by atoms with Crippen molar-refractivity contribution in [3.8, 4) is 0 Å². The van der Waals surface area contributed by atoms with Gasteiger partial charge in [-0.25, -0.2) is 0 Å². The molecule has 2 aliphatic rings. The molecule has 0 bridgehead atoms. The summed E-state index contributed by atoms with van der Waals surface area (Å²) in [6, 6.07) is 7.50. The van der Waals surface area contributed by atoms with Gasteiger partial charge < -0.3 is 19.9 Å². The molecule has 7 heteroatoms. The number of aryl methyl sites for hydroxylation is 1. The van der Waals surface area contributed by atoms with Gasteiger partial charge >= 0.3 is 0 Å². The Hall–Kier alpha value is -2.67. The van der Waals surface area contributed by atoms with Crippen LogP contribution >= 0.6 is 0 Å². The minimum Gasteiger partial charge on any atom is -0.381 e. The van der Waals surface area contributed by atoms with E-state index in [2.05, 4.69) is 34.8 Å². The molecule has 1 aromatic carbocycles. The van der Waals surface area contributed by atoms with Crippen LogP contribution in [-0.4, -0.2) is 36.2 Å². The molecule has 0 unspecified atom stereocenters. The van der Waals surface area contributed by atoms with E-state index in [9.17, 15) is 9.59 Å². The van der Waals surface area contributed by atoms with E-state index >= 15 is 0 Å². The van der Waals surface area contributed by atoms with Crippen molar-refractivity contribution in [2.75, 3.05) is 18.5 Å². The summed E-state index contributed by atoms with van der Waals surface area (Å²) in [5.41, 5.74) is 3.04. The predicted molar refractivity (Wildman–Crippen MR) is 126 cm³/mol. The smallest absolute Gasteiger partial charge is 0.257 e. The highest BCUT2D eigenvalue weighted by Crippen LogP contribution is 2.32. The van der Waals surface area contributed by atoms with Crippen LogP contribution in [-0.2, 0) is 16.0 Å². The number of benzene rings is 1. The fourth-order valence-corrected chi connectivity index (χ4v) is 5.02. The number of carbonyl (C=O) groups is 2. The Kier molecular flexibility index (Phi) is 7.81. The summed E-state index contributed by atoms with van der Waals surface area (Å²) in [4.78, 5) is 26.3. The highest BCUT2D eigenvalue weighted by molar-refractivity contribution is 6.01. The van der Waals surface area contributed by atoms with Crippen molar-refractivity contribution in [3.05, 3.63) is 47.3 Å². The van der Waals surface area contributed by atoms with Gasteiger partial charge in [0.2, 0.25) is 5.91 Å². The zero-order chi connectivity index (χ0) is 23.2. The third kappa shape index (κ3) is 5.82. The van der Waals surface area contributed by atoms with Gasteiger partial charge in [0.25, 0.3) is 5.91 Å². The fraction of sp³-hybridized carbons (Fsp3) is 0.577. The van der Waals surface area contributed by atoms with Gasteiger partial charge in [0.1, 0.15) is 17.9 Å². The van der Waals surface area contributed by atoms with E-state index < -0.39 is 6.04 Å². The summed E-state index contributed by atoms with van der Waals surface area (Å²) < 4.78 is 10.5. The number of ether oxygens (including phenoxy) is 1. The van der Waals surface area contributed by atoms with E-state index in [1.54, 1.807) is 0 Å². The predicted octanol–water partition coefficient (Wildman–Crippen LogP) is 4.69. The summed E-state index contributed by atoms with van der Waals surface area (Å²) >= 11 is 0. The number of nitrogens with zero attached hydrogens (tertiary/aromatic N) is 1. The lowest BCUT2D eigenvalue weighted by Gasteiger charge is -2.32. The SMILES string of the molecule is CCc1nocc1C(=O)N[C@H](C(=O)Nc1ccc(C2CCOCC2)cc1)[C@H]1CC[C@H](C)CC1. The first-order valence-electron chi connectivity index (χ1n) is 12.3. The summed E-state index contributed by atoms with van der Waals surface area (Å²) in [5, 5.41) is 9.94. The van der Waals surface area contributed by atoms with Crippen molar-refractivity contribution in [3.63, 3.8) is 0 Å². The maximum atomic E-state index is 13.4. The van der Waals surface area contributed by atoms with E-state index in [0.717, 1.165) is 57.4 Å². The summed E-state index contributed by atoms with van der Waals surface area (Å²) in [7, 11) is 0. The van der Waals surface area contributed by atoms with Crippen LogP contribution in [0.25, 0.3) is 0 Å². The van der Waals surface area contributed by atoms with Crippen molar-refractivity contribution in [1.82, 2.24) is 10.5 Å². The third-order valence-corrected chi connectivity index (χ3v) is 7.20. The lowest BCUT2D eigenvalue weighted by atomic mass is 9.79. The molecule has 4 rings (SSSR count). The quantitative estimate of drug-likeness (QED) is 0.634. The Morgan fingerprint density at radius 3 is 2.42 bits per heavy atom. The first kappa shape index (κ1) is 23.5. The third-order valence-electron chi connectivity index (χ3n) is 7.20. The molecular formula is C26H35N3O4.